The van der Waals surface area contributed by atoms with Crippen LogP contribution in [0.4, 0.5) is 0 Å². The van der Waals surface area contributed by atoms with Gasteiger partial charge in [-0.05, 0) is 31.8 Å². The Kier molecular flexibility index (Phi) is 6.23. The minimum absolute atomic E-state index is 0.169. The second-order valence-electron chi connectivity index (χ2n) is 7.14. The van der Waals surface area contributed by atoms with Gasteiger partial charge in [-0.15, -0.1) is 0 Å². The fourth-order valence-corrected chi connectivity index (χ4v) is 2.14. The first-order valence-electron chi connectivity index (χ1n) is 7.59. The molecular weight excluding hydrogens is 266 g/mol. The molecule has 0 aliphatic carbocycles. The van der Waals surface area contributed by atoms with Crippen molar-refractivity contribution in [1.29, 1.82) is 0 Å². The maximum Gasteiger partial charge on any atom is 0.162 e. The molecule has 5 heteroatoms. The van der Waals surface area contributed by atoms with Gasteiger partial charge in [0.15, 0.2) is 5.75 Å². The zero-order valence-electron chi connectivity index (χ0n) is 14.6. The number of hydrogen-bond donors (Lipinski definition) is 1. The molecule has 0 saturated heterocycles. The van der Waals surface area contributed by atoms with Crippen molar-refractivity contribution in [2.45, 2.75) is 46.8 Å². The van der Waals surface area contributed by atoms with E-state index in [1.54, 1.807) is 13.3 Å². The summed E-state index contributed by atoms with van der Waals surface area (Å²) in [5, 5.41) is 15.0. The Hall–Kier alpha value is -1.07. The smallest absolute Gasteiger partial charge is 0.162 e. The van der Waals surface area contributed by atoms with Gasteiger partial charge in [-0.25, -0.2) is 0 Å². The summed E-state index contributed by atoms with van der Waals surface area (Å²) in [6, 6.07) is 0. The molecule has 0 aliphatic rings. The minimum atomic E-state index is -0.557. The molecule has 0 spiro atoms. The van der Waals surface area contributed by atoms with Crippen LogP contribution in [0.25, 0.3) is 0 Å². The molecule has 1 aromatic heterocycles. The lowest BCUT2D eigenvalue weighted by Gasteiger charge is -2.29. The van der Waals surface area contributed by atoms with Crippen LogP contribution >= 0.6 is 0 Å². The van der Waals surface area contributed by atoms with Crippen LogP contribution in [-0.2, 0) is 6.54 Å². The normalized spacial score (nSPS) is 15.3. The van der Waals surface area contributed by atoms with E-state index in [9.17, 15) is 5.11 Å². The van der Waals surface area contributed by atoms with Crippen molar-refractivity contribution in [3.63, 3.8) is 0 Å². The lowest BCUT2D eigenvalue weighted by molar-refractivity contribution is 0.100. The molecule has 1 N–H and O–H groups in total. The standard InChI is InChI=1S/C16H31N3O2/c1-12(16(2,3)4)10-13(20)15-14(21-7)11-17-19(15)9-8-18(5)6/h11-13,20H,8-10H2,1-7H3. The van der Waals surface area contributed by atoms with Gasteiger partial charge in [-0.3, -0.25) is 4.68 Å². The van der Waals surface area contributed by atoms with Gasteiger partial charge in [0.1, 0.15) is 5.69 Å². The van der Waals surface area contributed by atoms with Crippen LogP contribution in [-0.4, -0.2) is 47.5 Å². The number of aliphatic hydroxyl groups excluding tert-OH is 1. The average Bonchev–Trinajstić information content (AvgIpc) is 2.77. The van der Waals surface area contributed by atoms with Crippen molar-refractivity contribution in [2.75, 3.05) is 27.7 Å². The van der Waals surface area contributed by atoms with Crippen LogP contribution in [0.2, 0.25) is 0 Å². The largest absolute Gasteiger partial charge is 0.493 e. The number of methoxy groups -OCH3 is 1. The second-order valence-corrected chi connectivity index (χ2v) is 7.14. The molecule has 21 heavy (non-hydrogen) atoms. The number of aromatic nitrogens is 2. The summed E-state index contributed by atoms with van der Waals surface area (Å²) in [5.41, 5.74) is 0.957. The number of rotatable bonds is 7. The Balaban J connectivity index is 2.90. The zero-order chi connectivity index (χ0) is 16.2. The number of nitrogens with zero attached hydrogens (tertiary/aromatic N) is 3. The second kappa shape index (κ2) is 7.27. The maximum absolute atomic E-state index is 10.6. The highest BCUT2D eigenvalue weighted by Crippen LogP contribution is 2.35. The molecular formula is C16H31N3O2. The maximum atomic E-state index is 10.6. The fourth-order valence-electron chi connectivity index (χ4n) is 2.14. The number of hydrogen-bond acceptors (Lipinski definition) is 4. The van der Waals surface area contributed by atoms with E-state index >= 15 is 0 Å². The summed E-state index contributed by atoms with van der Waals surface area (Å²) in [6.07, 6.45) is 1.84. The average molecular weight is 297 g/mol. The molecule has 2 unspecified atom stereocenters. The Morgan fingerprint density at radius 1 is 1.38 bits per heavy atom. The third-order valence-electron chi connectivity index (χ3n) is 4.19. The van der Waals surface area contributed by atoms with E-state index in [0.717, 1.165) is 18.8 Å². The molecule has 122 valence electrons. The van der Waals surface area contributed by atoms with Crippen molar-refractivity contribution < 1.29 is 9.84 Å². The number of aliphatic hydroxyl groups is 1. The van der Waals surface area contributed by atoms with Gasteiger partial charge >= 0.3 is 0 Å². The van der Waals surface area contributed by atoms with E-state index in [4.69, 9.17) is 4.74 Å². The molecule has 0 amide bonds. The lowest BCUT2D eigenvalue weighted by Crippen LogP contribution is -2.23. The van der Waals surface area contributed by atoms with E-state index in [2.05, 4.69) is 37.7 Å². The summed E-state index contributed by atoms with van der Waals surface area (Å²) in [7, 11) is 5.67. The van der Waals surface area contributed by atoms with E-state index in [1.165, 1.54) is 0 Å². The third kappa shape index (κ3) is 5.00. The summed E-state index contributed by atoms with van der Waals surface area (Å²) in [5.74, 6) is 1.07. The topological polar surface area (TPSA) is 50.5 Å². The van der Waals surface area contributed by atoms with Gasteiger partial charge < -0.3 is 14.7 Å². The Labute approximate surface area is 128 Å². The minimum Gasteiger partial charge on any atom is -0.493 e. The van der Waals surface area contributed by atoms with E-state index in [0.29, 0.717) is 18.1 Å². The van der Waals surface area contributed by atoms with Crippen molar-refractivity contribution in [3.05, 3.63) is 11.9 Å². The molecule has 0 radical (unpaired) electrons. The van der Waals surface area contributed by atoms with Gasteiger partial charge in [0, 0.05) is 6.54 Å². The van der Waals surface area contributed by atoms with Crippen LogP contribution in [0, 0.1) is 11.3 Å². The number of likely N-dealkylation sites (N-methyl/N-ethyl adjacent to an activating group) is 1. The lowest BCUT2D eigenvalue weighted by atomic mass is 9.78. The summed E-state index contributed by atoms with van der Waals surface area (Å²) < 4.78 is 7.22. The van der Waals surface area contributed by atoms with Gasteiger partial charge in [-0.2, -0.15) is 5.10 Å². The van der Waals surface area contributed by atoms with Crippen molar-refractivity contribution >= 4 is 0 Å². The Bertz CT molecular complexity index is 435. The first-order valence-corrected chi connectivity index (χ1v) is 7.59. The van der Waals surface area contributed by atoms with Gasteiger partial charge in [0.2, 0.25) is 0 Å². The highest BCUT2D eigenvalue weighted by atomic mass is 16.5. The third-order valence-corrected chi connectivity index (χ3v) is 4.19. The molecule has 2 atom stereocenters. The predicted octanol–water partition coefficient (Wildman–Crippen LogP) is 2.56. The monoisotopic (exact) mass is 297 g/mol. The van der Waals surface area contributed by atoms with Gasteiger partial charge in [0.05, 0.1) is 26.0 Å². The van der Waals surface area contributed by atoms with Crippen LogP contribution < -0.4 is 4.74 Å². The fraction of sp³-hybridized carbons (Fsp3) is 0.812. The highest BCUT2D eigenvalue weighted by Gasteiger charge is 2.27. The Morgan fingerprint density at radius 3 is 2.48 bits per heavy atom. The van der Waals surface area contributed by atoms with Crippen molar-refractivity contribution in [3.8, 4) is 5.75 Å². The molecule has 0 saturated carbocycles. The van der Waals surface area contributed by atoms with Crippen LogP contribution in [0.1, 0.15) is 45.9 Å². The van der Waals surface area contributed by atoms with Crippen LogP contribution in [0.15, 0.2) is 6.20 Å². The number of ether oxygens (including phenoxy) is 1. The molecule has 0 aliphatic heterocycles. The van der Waals surface area contributed by atoms with Crippen molar-refractivity contribution in [2.24, 2.45) is 11.3 Å². The van der Waals surface area contributed by atoms with Crippen LogP contribution in [0.3, 0.4) is 0 Å². The van der Waals surface area contributed by atoms with E-state index in [-0.39, 0.29) is 5.41 Å². The molecule has 5 nitrogen and oxygen atoms in total. The first-order chi connectivity index (χ1) is 9.66. The summed E-state index contributed by atoms with van der Waals surface area (Å²) >= 11 is 0. The molecule has 0 fully saturated rings. The van der Waals surface area contributed by atoms with E-state index < -0.39 is 6.10 Å². The van der Waals surface area contributed by atoms with E-state index in [1.807, 2.05) is 18.8 Å². The molecule has 1 rings (SSSR count). The van der Waals surface area contributed by atoms with Gasteiger partial charge in [0.25, 0.3) is 0 Å². The quantitative estimate of drug-likeness (QED) is 0.840. The SMILES string of the molecule is COc1cnn(CCN(C)C)c1C(O)CC(C)C(C)(C)C. The van der Waals surface area contributed by atoms with Gasteiger partial charge in [-0.1, -0.05) is 27.7 Å². The summed E-state index contributed by atoms with van der Waals surface area (Å²) in [6.45, 7) is 10.4. The molecule has 0 aromatic carbocycles. The van der Waals surface area contributed by atoms with Crippen molar-refractivity contribution in [1.82, 2.24) is 14.7 Å². The Morgan fingerprint density at radius 2 is 2.00 bits per heavy atom. The zero-order valence-corrected chi connectivity index (χ0v) is 14.6. The first kappa shape index (κ1) is 18.0. The molecule has 1 heterocycles. The summed E-state index contributed by atoms with van der Waals surface area (Å²) in [4.78, 5) is 2.10. The predicted molar refractivity (Wildman–Crippen MR) is 85.5 cm³/mol. The highest BCUT2D eigenvalue weighted by molar-refractivity contribution is 5.27. The molecule has 0 bridgehead atoms. The van der Waals surface area contributed by atoms with Crippen LogP contribution in [0.5, 0.6) is 5.75 Å². The molecule has 1 aromatic rings.